The summed E-state index contributed by atoms with van der Waals surface area (Å²) in [7, 11) is 3.37. The first kappa shape index (κ1) is 30.8. The van der Waals surface area contributed by atoms with Gasteiger partial charge in [0.15, 0.2) is 11.6 Å². The molecule has 13 heteroatoms. The number of carbonyl (C=O) groups excluding carboxylic acids is 1. The summed E-state index contributed by atoms with van der Waals surface area (Å²) in [5.41, 5.74) is -3.22. The number of carbonyl (C=O) groups is 1. The number of aliphatic imine (C=N–C) groups is 1. The number of amidine groups is 1. The molecule has 1 saturated heterocycles. The van der Waals surface area contributed by atoms with Crippen LogP contribution in [0.4, 0.5) is 33.5 Å². The fourth-order valence-corrected chi connectivity index (χ4v) is 5.19. The Morgan fingerprint density at radius 3 is 2.48 bits per heavy atom. The van der Waals surface area contributed by atoms with E-state index in [1.54, 1.807) is 13.8 Å². The molecule has 3 aromatic rings. The summed E-state index contributed by atoms with van der Waals surface area (Å²) < 4.78 is 73.8. The average Bonchev–Trinajstić information content (AvgIpc) is 2.91. The lowest BCUT2D eigenvalue weighted by molar-refractivity contribution is -0.137. The van der Waals surface area contributed by atoms with Gasteiger partial charge in [0.2, 0.25) is 6.41 Å². The van der Waals surface area contributed by atoms with Gasteiger partial charge in [-0.1, -0.05) is 19.9 Å². The van der Waals surface area contributed by atoms with Crippen molar-refractivity contribution in [2.24, 2.45) is 4.99 Å². The van der Waals surface area contributed by atoms with Gasteiger partial charge >= 0.3 is 6.18 Å². The largest absolute Gasteiger partial charge is 0.507 e. The molecule has 0 spiro atoms. The first-order valence-corrected chi connectivity index (χ1v) is 13.2. The van der Waals surface area contributed by atoms with Crippen molar-refractivity contribution in [2.75, 3.05) is 38.6 Å². The van der Waals surface area contributed by atoms with Crippen LogP contribution in [0.2, 0.25) is 0 Å². The zero-order chi connectivity index (χ0) is 30.9. The van der Waals surface area contributed by atoms with Gasteiger partial charge in [-0.3, -0.25) is 19.7 Å². The van der Waals surface area contributed by atoms with Crippen LogP contribution in [0.3, 0.4) is 0 Å². The Balaban J connectivity index is 2.09. The predicted molar refractivity (Wildman–Crippen MR) is 149 cm³/mol. The molecule has 1 atom stereocenters. The van der Waals surface area contributed by atoms with Crippen LogP contribution in [0.1, 0.15) is 43.5 Å². The number of benzene rings is 1. The van der Waals surface area contributed by atoms with Gasteiger partial charge in [-0.25, -0.2) is 13.8 Å². The van der Waals surface area contributed by atoms with Gasteiger partial charge in [-0.05, 0) is 44.2 Å². The van der Waals surface area contributed by atoms with Crippen molar-refractivity contribution in [1.82, 2.24) is 19.8 Å². The number of phenols is 1. The lowest BCUT2D eigenvalue weighted by Gasteiger charge is -2.40. The number of phenolic OH excluding ortho intramolecular Hbond substituents is 1. The van der Waals surface area contributed by atoms with Gasteiger partial charge < -0.3 is 14.9 Å². The molecule has 1 unspecified atom stereocenters. The number of amides is 1. The van der Waals surface area contributed by atoms with E-state index in [1.165, 1.54) is 13.1 Å². The number of nitrogens with zero attached hydrogens (tertiary/aromatic N) is 6. The number of hydrogen-bond acceptors (Lipinski definition) is 6. The minimum atomic E-state index is -4.90. The van der Waals surface area contributed by atoms with Crippen LogP contribution in [0.15, 0.2) is 41.5 Å². The number of alkyl halides is 3. The molecule has 1 aliphatic rings. The Hall–Kier alpha value is -4.13. The maximum Gasteiger partial charge on any atom is 0.418 e. The van der Waals surface area contributed by atoms with E-state index in [4.69, 9.17) is 0 Å². The Morgan fingerprint density at radius 2 is 1.90 bits per heavy atom. The maximum absolute atomic E-state index is 15.8. The Bertz CT molecular complexity index is 1490. The van der Waals surface area contributed by atoms with Crippen molar-refractivity contribution < 1.29 is 31.9 Å². The molecule has 2 aromatic heterocycles. The number of aromatic hydroxyl groups is 1. The molecule has 1 fully saturated rings. The van der Waals surface area contributed by atoms with Gasteiger partial charge in [0, 0.05) is 38.9 Å². The minimum Gasteiger partial charge on any atom is -0.507 e. The monoisotopic (exact) mass is 590 g/mol. The highest BCUT2D eigenvalue weighted by Crippen LogP contribution is 2.44. The predicted octanol–water partition coefficient (Wildman–Crippen LogP) is 5.58. The summed E-state index contributed by atoms with van der Waals surface area (Å²) in [5, 5.41) is 10.4. The van der Waals surface area contributed by atoms with E-state index in [2.05, 4.69) is 19.9 Å². The number of likely N-dealkylation sites (N-methyl/N-ethyl adjacent to an activating group) is 1. The number of halogens is 5. The van der Waals surface area contributed by atoms with Crippen molar-refractivity contribution in [2.45, 2.75) is 38.9 Å². The van der Waals surface area contributed by atoms with Crippen molar-refractivity contribution >= 4 is 23.8 Å². The van der Waals surface area contributed by atoms with E-state index < -0.39 is 57.8 Å². The smallest absolute Gasteiger partial charge is 0.418 e. The Morgan fingerprint density at radius 1 is 1.19 bits per heavy atom. The highest BCUT2D eigenvalue weighted by atomic mass is 19.4. The normalized spacial score (nSPS) is 16.7. The van der Waals surface area contributed by atoms with Crippen molar-refractivity contribution in [3.63, 3.8) is 0 Å². The third-order valence-electron chi connectivity index (χ3n) is 7.12. The second-order valence-electron chi connectivity index (χ2n) is 10.4. The molecule has 224 valence electrons. The summed E-state index contributed by atoms with van der Waals surface area (Å²) >= 11 is 0. The van der Waals surface area contributed by atoms with Gasteiger partial charge in [-0.2, -0.15) is 13.2 Å². The van der Waals surface area contributed by atoms with Crippen LogP contribution in [-0.4, -0.2) is 76.9 Å². The van der Waals surface area contributed by atoms with E-state index >= 15 is 4.39 Å². The second-order valence-corrected chi connectivity index (χ2v) is 10.4. The quantitative estimate of drug-likeness (QED) is 0.175. The molecule has 3 heterocycles. The van der Waals surface area contributed by atoms with Gasteiger partial charge in [0.25, 0.3) is 0 Å². The Labute approximate surface area is 240 Å². The number of rotatable bonds is 6. The average molecular weight is 591 g/mol. The molecule has 8 nitrogen and oxygen atoms in total. The number of aromatic nitrogens is 2. The minimum absolute atomic E-state index is 0.0627. The summed E-state index contributed by atoms with van der Waals surface area (Å²) in [4.78, 5) is 30.1. The van der Waals surface area contributed by atoms with E-state index in [9.17, 15) is 27.5 Å². The Kier molecular flexibility index (Phi) is 8.81. The fraction of sp³-hybridized carbons (Fsp3) is 0.379. The van der Waals surface area contributed by atoms with E-state index in [1.807, 2.05) is 18.9 Å². The van der Waals surface area contributed by atoms with Crippen LogP contribution in [0.5, 0.6) is 5.75 Å². The molecule has 0 bridgehead atoms. The third-order valence-corrected chi connectivity index (χ3v) is 7.12. The summed E-state index contributed by atoms with van der Waals surface area (Å²) in [6.07, 6.45) is -3.77. The van der Waals surface area contributed by atoms with Gasteiger partial charge in [-0.15, -0.1) is 0 Å². The van der Waals surface area contributed by atoms with Crippen LogP contribution in [0, 0.1) is 11.6 Å². The van der Waals surface area contributed by atoms with Gasteiger partial charge in [0.1, 0.15) is 23.1 Å². The summed E-state index contributed by atoms with van der Waals surface area (Å²) in [6, 6.07) is 4.85. The molecule has 0 radical (unpaired) electrons. The highest BCUT2D eigenvalue weighted by molar-refractivity contribution is 6.07. The maximum atomic E-state index is 15.8. The zero-order valence-electron chi connectivity index (χ0n) is 23.7. The van der Waals surface area contributed by atoms with Crippen molar-refractivity contribution in [3.05, 3.63) is 65.0 Å². The molecule has 0 aliphatic carbocycles. The summed E-state index contributed by atoms with van der Waals surface area (Å²) in [6.45, 7) is 6.81. The van der Waals surface area contributed by atoms with Crippen molar-refractivity contribution in [3.8, 4) is 17.0 Å². The zero-order valence-corrected chi connectivity index (χ0v) is 23.7. The molecule has 1 aliphatic heterocycles. The first-order chi connectivity index (χ1) is 19.8. The third kappa shape index (κ3) is 5.78. The number of pyridine rings is 2. The van der Waals surface area contributed by atoms with Crippen LogP contribution in [-0.2, 0) is 11.0 Å². The topological polar surface area (TPSA) is 85.2 Å². The fourth-order valence-electron chi connectivity index (χ4n) is 5.19. The van der Waals surface area contributed by atoms with E-state index in [0.29, 0.717) is 24.5 Å². The number of hydrogen-bond donors (Lipinski definition) is 1. The van der Waals surface area contributed by atoms with E-state index in [0.717, 1.165) is 30.5 Å². The molecule has 42 heavy (non-hydrogen) atoms. The standard InChI is InChI=1S/C29H31F5N6O2/c1-16(2)24-26(19(9-10-36-24)29(32,33)34)40(15-41)28-18(27(35-4)39-12-11-38(5)14-17(39)3)13-21(31)25(37-28)23-20(30)7-6-8-22(23)42/h6-10,13,15-17,42H,11-12,14H2,1-5H3/b35-27+. The summed E-state index contributed by atoms with van der Waals surface area (Å²) in [5.74, 6) is -3.56. The SMILES string of the molecule is C/N=C(\c1cc(F)c(-c2c(O)cccc2F)nc1N(C=O)c1c(C(F)(F)F)ccnc1C(C)C)N1CCN(C)CC1C. The molecular formula is C29H31F5N6O2. The highest BCUT2D eigenvalue weighted by Gasteiger charge is 2.39. The van der Waals surface area contributed by atoms with Crippen LogP contribution in [0.25, 0.3) is 11.3 Å². The molecule has 1 aromatic carbocycles. The van der Waals surface area contributed by atoms with E-state index in [-0.39, 0.29) is 29.5 Å². The van der Waals surface area contributed by atoms with Crippen LogP contribution < -0.4 is 4.90 Å². The molecule has 0 saturated carbocycles. The van der Waals surface area contributed by atoms with Gasteiger partial charge in [0.05, 0.1) is 28.1 Å². The number of anilines is 2. The lowest BCUT2D eigenvalue weighted by Crippen LogP contribution is -2.53. The molecule has 1 amide bonds. The lowest BCUT2D eigenvalue weighted by atomic mass is 10.0. The van der Waals surface area contributed by atoms with Crippen LogP contribution >= 0.6 is 0 Å². The van der Waals surface area contributed by atoms with Crippen molar-refractivity contribution in [1.29, 1.82) is 0 Å². The molecule has 1 N–H and O–H groups in total. The first-order valence-electron chi connectivity index (χ1n) is 13.2. The molecule has 4 rings (SSSR count). The number of piperazine rings is 1. The second kappa shape index (κ2) is 12.0. The molecular weight excluding hydrogens is 559 g/mol.